The minimum absolute atomic E-state index is 0.349. The van der Waals surface area contributed by atoms with Gasteiger partial charge in [0.05, 0.1) is 0 Å². The SMILES string of the molecule is CC(S)C=Cc1cccs1. The van der Waals surface area contributed by atoms with Crippen LogP contribution in [0.1, 0.15) is 11.8 Å². The van der Waals surface area contributed by atoms with E-state index in [0.29, 0.717) is 5.25 Å². The zero-order valence-electron chi connectivity index (χ0n) is 5.82. The second-order valence-electron chi connectivity index (χ2n) is 2.12. The molecule has 10 heavy (non-hydrogen) atoms. The zero-order valence-corrected chi connectivity index (χ0v) is 7.53. The molecule has 0 aromatic carbocycles. The molecule has 0 aliphatic rings. The van der Waals surface area contributed by atoms with Gasteiger partial charge in [-0.05, 0) is 24.4 Å². The van der Waals surface area contributed by atoms with Crippen LogP contribution in [0.4, 0.5) is 0 Å². The third-order valence-corrected chi connectivity index (χ3v) is 2.09. The predicted molar refractivity (Wildman–Crippen MR) is 51.8 cm³/mol. The van der Waals surface area contributed by atoms with Crippen LogP contribution in [0.25, 0.3) is 6.08 Å². The predicted octanol–water partition coefficient (Wildman–Crippen LogP) is 3.08. The van der Waals surface area contributed by atoms with Crippen molar-refractivity contribution in [1.82, 2.24) is 0 Å². The van der Waals surface area contributed by atoms with Crippen molar-refractivity contribution in [2.75, 3.05) is 0 Å². The van der Waals surface area contributed by atoms with E-state index in [4.69, 9.17) is 0 Å². The second kappa shape index (κ2) is 3.84. The van der Waals surface area contributed by atoms with Gasteiger partial charge in [-0.2, -0.15) is 12.6 Å². The van der Waals surface area contributed by atoms with Crippen molar-refractivity contribution in [3.63, 3.8) is 0 Å². The van der Waals surface area contributed by atoms with Gasteiger partial charge in [0.1, 0.15) is 0 Å². The number of thiol groups is 1. The molecule has 1 atom stereocenters. The van der Waals surface area contributed by atoms with Gasteiger partial charge in [0, 0.05) is 10.1 Å². The van der Waals surface area contributed by atoms with Gasteiger partial charge in [0.15, 0.2) is 0 Å². The van der Waals surface area contributed by atoms with Gasteiger partial charge in [-0.15, -0.1) is 11.3 Å². The zero-order chi connectivity index (χ0) is 7.40. The van der Waals surface area contributed by atoms with Crippen LogP contribution in [0, 0.1) is 0 Å². The average Bonchev–Trinajstić information content (AvgIpc) is 2.34. The Morgan fingerprint density at radius 1 is 1.70 bits per heavy atom. The lowest BCUT2D eigenvalue weighted by molar-refractivity contribution is 1.27. The fourth-order valence-electron chi connectivity index (χ4n) is 0.620. The molecule has 0 amide bonds. The molecule has 1 heterocycles. The Morgan fingerprint density at radius 3 is 3.00 bits per heavy atom. The highest BCUT2D eigenvalue weighted by Gasteiger charge is 1.86. The van der Waals surface area contributed by atoms with Crippen molar-refractivity contribution in [1.29, 1.82) is 0 Å². The summed E-state index contributed by atoms with van der Waals surface area (Å²) in [5, 5.41) is 2.42. The Morgan fingerprint density at radius 2 is 2.50 bits per heavy atom. The van der Waals surface area contributed by atoms with Crippen LogP contribution in [0.5, 0.6) is 0 Å². The molecule has 0 nitrogen and oxygen atoms in total. The molecule has 0 spiro atoms. The first kappa shape index (κ1) is 7.89. The minimum Gasteiger partial charge on any atom is -0.172 e. The van der Waals surface area contributed by atoms with E-state index in [0.717, 1.165) is 0 Å². The van der Waals surface area contributed by atoms with Crippen LogP contribution in [0.3, 0.4) is 0 Å². The molecule has 1 rings (SSSR count). The highest BCUT2D eigenvalue weighted by Crippen LogP contribution is 2.11. The van der Waals surface area contributed by atoms with E-state index in [1.807, 2.05) is 13.0 Å². The topological polar surface area (TPSA) is 0 Å². The fourth-order valence-corrected chi connectivity index (χ4v) is 1.33. The van der Waals surface area contributed by atoms with E-state index >= 15 is 0 Å². The summed E-state index contributed by atoms with van der Waals surface area (Å²) in [4.78, 5) is 1.29. The second-order valence-corrected chi connectivity index (χ2v) is 3.91. The van der Waals surface area contributed by atoms with E-state index in [1.54, 1.807) is 11.3 Å². The van der Waals surface area contributed by atoms with E-state index < -0.39 is 0 Å². The van der Waals surface area contributed by atoms with Crippen molar-refractivity contribution < 1.29 is 0 Å². The van der Waals surface area contributed by atoms with E-state index in [1.165, 1.54) is 4.88 Å². The Bertz CT molecular complexity index is 197. The Labute approximate surface area is 71.0 Å². The minimum atomic E-state index is 0.349. The molecule has 0 radical (unpaired) electrons. The highest BCUT2D eigenvalue weighted by atomic mass is 32.1. The molecule has 1 aromatic heterocycles. The van der Waals surface area contributed by atoms with Crippen molar-refractivity contribution in [2.24, 2.45) is 0 Å². The Hall–Kier alpha value is -0.210. The van der Waals surface area contributed by atoms with Gasteiger partial charge in [0.25, 0.3) is 0 Å². The summed E-state index contributed by atoms with van der Waals surface area (Å²) in [6.45, 7) is 2.05. The van der Waals surface area contributed by atoms with Crippen LogP contribution in [-0.4, -0.2) is 5.25 Å². The molecule has 54 valence electrons. The van der Waals surface area contributed by atoms with Crippen molar-refractivity contribution >= 4 is 30.0 Å². The molecule has 0 bridgehead atoms. The lowest BCUT2D eigenvalue weighted by Crippen LogP contribution is -1.78. The summed E-state index contributed by atoms with van der Waals surface area (Å²) in [5.74, 6) is 0. The first-order valence-corrected chi connectivity index (χ1v) is 4.58. The van der Waals surface area contributed by atoms with E-state index in [-0.39, 0.29) is 0 Å². The van der Waals surface area contributed by atoms with Gasteiger partial charge < -0.3 is 0 Å². The molecule has 2 heteroatoms. The van der Waals surface area contributed by atoms with Gasteiger partial charge in [-0.25, -0.2) is 0 Å². The first-order valence-electron chi connectivity index (χ1n) is 3.19. The maximum Gasteiger partial charge on any atom is 0.0267 e. The van der Waals surface area contributed by atoms with Crippen LogP contribution in [0.2, 0.25) is 0 Å². The molecule has 1 aromatic rings. The maximum absolute atomic E-state index is 4.23. The lowest BCUT2D eigenvalue weighted by Gasteiger charge is -1.89. The fraction of sp³-hybridized carbons (Fsp3) is 0.250. The normalized spacial score (nSPS) is 14.2. The van der Waals surface area contributed by atoms with Gasteiger partial charge >= 0.3 is 0 Å². The summed E-state index contributed by atoms with van der Waals surface area (Å²) in [7, 11) is 0. The van der Waals surface area contributed by atoms with Crippen molar-refractivity contribution in [3.05, 3.63) is 28.5 Å². The Kier molecular flexibility index (Phi) is 3.03. The number of rotatable bonds is 2. The van der Waals surface area contributed by atoms with E-state index in [2.05, 4.69) is 36.2 Å². The molecule has 0 saturated carbocycles. The quantitative estimate of drug-likeness (QED) is 0.648. The monoisotopic (exact) mass is 170 g/mol. The van der Waals surface area contributed by atoms with E-state index in [9.17, 15) is 0 Å². The summed E-state index contributed by atoms with van der Waals surface area (Å²) in [6.07, 6.45) is 4.18. The van der Waals surface area contributed by atoms with Gasteiger partial charge in [-0.3, -0.25) is 0 Å². The number of thiophene rings is 1. The lowest BCUT2D eigenvalue weighted by atomic mass is 10.3. The van der Waals surface area contributed by atoms with Crippen LogP contribution in [-0.2, 0) is 0 Å². The number of hydrogen-bond acceptors (Lipinski definition) is 2. The first-order chi connectivity index (χ1) is 4.79. The molecular weight excluding hydrogens is 160 g/mol. The molecular formula is C8H10S2. The summed E-state index contributed by atoms with van der Waals surface area (Å²) in [5.41, 5.74) is 0. The highest BCUT2D eigenvalue weighted by molar-refractivity contribution is 7.81. The van der Waals surface area contributed by atoms with Crippen LogP contribution >= 0.6 is 24.0 Å². The van der Waals surface area contributed by atoms with Gasteiger partial charge in [-0.1, -0.05) is 12.1 Å². The molecule has 0 fully saturated rings. The van der Waals surface area contributed by atoms with Crippen LogP contribution < -0.4 is 0 Å². The molecule has 0 N–H and O–H groups in total. The molecule has 1 unspecified atom stereocenters. The van der Waals surface area contributed by atoms with Crippen molar-refractivity contribution in [3.8, 4) is 0 Å². The standard InChI is InChI=1S/C8H10S2/c1-7(9)4-5-8-3-2-6-10-8/h2-7,9H,1H3. The van der Waals surface area contributed by atoms with Crippen molar-refractivity contribution in [2.45, 2.75) is 12.2 Å². The summed E-state index contributed by atoms with van der Waals surface area (Å²) in [6, 6.07) is 4.14. The molecule has 0 aliphatic heterocycles. The average molecular weight is 170 g/mol. The Balaban J connectivity index is 2.55. The molecule has 0 saturated heterocycles. The third-order valence-electron chi connectivity index (χ3n) is 1.08. The number of hydrogen-bond donors (Lipinski definition) is 1. The van der Waals surface area contributed by atoms with Crippen LogP contribution in [0.15, 0.2) is 23.6 Å². The third kappa shape index (κ3) is 2.58. The molecule has 0 aliphatic carbocycles. The van der Waals surface area contributed by atoms with Gasteiger partial charge in [0.2, 0.25) is 0 Å². The summed E-state index contributed by atoms with van der Waals surface area (Å²) >= 11 is 5.97. The summed E-state index contributed by atoms with van der Waals surface area (Å²) < 4.78 is 0. The largest absolute Gasteiger partial charge is 0.172 e. The maximum atomic E-state index is 4.23. The smallest absolute Gasteiger partial charge is 0.0267 e.